The van der Waals surface area contributed by atoms with Crippen molar-refractivity contribution >= 4 is 64.1 Å². The number of aromatic nitrogens is 2. The number of phenolic OH excluding ortho intramolecular Hbond substituents is 1. The van der Waals surface area contributed by atoms with Crippen molar-refractivity contribution in [2.75, 3.05) is 17.7 Å². The van der Waals surface area contributed by atoms with E-state index in [4.69, 9.17) is 4.55 Å². The Kier molecular flexibility index (Phi) is 8.48. The van der Waals surface area contributed by atoms with Gasteiger partial charge in [-0.1, -0.05) is 6.07 Å². The van der Waals surface area contributed by atoms with Crippen LogP contribution in [-0.2, 0) is 34.5 Å². The van der Waals surface area contributed by atoms with Gasteiger partial charge in [-0.15, -0.1) is 5.11 Å². The Hall–Kier alpha value is -4.21. The van der Waals surface area contributed by atoms with Crippen LogP contribution in [0.3, 0.4) is 0 Å². The predicted octanol–water partition coefficient (Wildman–Crippen LogP) is 3.61. The molecule has 0 saturated heterocycles. The maximum Gasteiger partial charge on any atom is 0.397 e. The second-order valence-corrected chi connectivity index (χ2v) is 12.8. The van der Waals surface area contributed by atoms with Crippen molar-refractivity contribution in [1.82, 2.24) is 9.97 Å². The highest BCUT2D eigenvalue weighted by atomic mass is 32.3. The van der Waals surface area contributed by atoms with Crippen molar-refractivity contribution in [3.8, 4) is 5.75 Å². The van der Waals surface area contributed by atoms with Crippen molar-refractivity contribution in [3.63, 3.8) is 0 Å². The van der Waals surface area contributed by atoms with Crippen LogP contribution in [0.5, 0.6) is 5.75 Å². The molecule has 4 rings (SSSR count). The number of nitrogens with zero attached hydrogens (tertiary/aromatic N) is 4. The minimum absolute atomic E-state index is 0.0215. The Morgan fingerprint density at radius 3 is 2.10 bits per heavy atom. The van der Waals surface area contributed by atoms with Gasteiger partial charge in [-0.05, 0) is 47.9 Å². The molecule has 0 atom stereocenters. The van der Waals surface area contributed by atoms with Gasteiger partial charge in [0.2, 0.25) is 17.8 Å². The fraction of sp³-hybridized carbons (Fsp3) is 0.0909. The molecule has 0 radical (unpaired) electrons. The molecule has 0 aliphatic carbocycles. The van der Waals surface area contributed by atoms with Gasteiger partial charge in [-0.2, -0.15) is 40.7 Å². The number of halogens is 2. The van der Waals surface area contributed by atoms with E-state index in [1.165, 1.54) is 18.2 Å². The lowest BCUT2D eigenvalue weighted by molar-refractivity contribution is 0.284. The number of aromatic hydroxyl groups is 1. The highest BCUT2D eigenvalue weighted by Crippen LogP contribution is 2.42. The third-order valence-corrected chi connectivity index (χ3v) is 8.32. The zero-order valence-electron chi connectivity index (χ0n) is 20.6. The molecule has 0 saturated carbocycles. The first-order chi connectivity index (χ1) is 19.5. The summed E-state index contributed by atoms with van der Waals surface area (Å²) in [4.78, 5) is 5.69. The quantitative estimate of drug-likeness (QED) is 0.110. The van der Waals surface area contributed by atoms with E-state index in [0.717, 1.165) is 30.3 Å². The predicted molar refractivity (Wildman–Crippen MR) is 141 cm³/mol. The third kappa shape index (κ3) is 7.54. The van der Waals surface area contributed by atoms with Crippen LogP contribution >= 0.6 is 0 Å². The van der Waals surface area contributed by atoms with Crippen LogP contribution < -0.4 is 5.32 Å². The Bertz CT molecular complexity index is 2020. The van der Waals surface area contributed by atoms with Crippen LogP contribution in [0.25, 0.3) is 10.8 Å². The van der Waals surface area contributed by atoms with Crippen molar-refractivity contribution in [3.05, 3.63) is 66.5 Å². The highest BCUT2D eigenvalue weighted by molar-refractivity contribution is 7.91. The van der Waals surface area contributed by atoms with Crippen LogP contribution in [0, 0.1) is 11.9 Å². The number of anilines is 2. The molecule has 0 bridgehead atoms. The number of benzene rings is 3. The summed E-state index contributed by atoms with van der Waals surface area (Å²) in [5, 5.41) is 21.0. The summed E-state index contributed by atoms with van der Waals surface area (Å²) in [6.07, 6.45) is 0. The SMILES string of the molecule is O=S(=O)(O)OCCS(=O)(=O)c1ccc(N=Nc2c(S(=O)(=O)O)cc3ccc(Nc4nc(F)cc(F)n4)cc3c2O)cc1. The molecule has 4 aromatic rings. The van der Waals surface area contributed by atoms with E-state index in [0.29, 0.717) is 6.07 Å². The monoisotopic (exact) mass is 645 g/mol. The molecule has 0 amide bonds. The van der Waals surface area contributed by atoms with Gasteiger partial charge < -0.3 is 10.4 Å². The number of sulfone groups is 1. The molecule has 1 aromatic heterocycles. The van der Waals surface area contributed by atoms with Gasteiger partial charge in [0.15, 0.2) is 15.6 Å². The number of nitrogens with one attached hydrogen (secondary N) is 1. The zero-order valence-corrected chi connectivity index (χ0v) is 23.0. The van der Waals surface area contributed by atoms with Crippen LogP contribution in [0.15, 0.2) is 74.6 Å². The second kappa shape index (κ2) is 11.6. The Morgan fingerprint density at radius 1 is 0.857 bits per heavy atom. The second-order valence-electron chi connectivity index (χ2n) is 8.21. The lowest BCUT2D eigenvalue weighted by Crippen LogP contribution is -2.15. The number of rotatable bonds is 10. The smallest absolute Gasteiger partial charge is 0.397 e. The molecule has 0 unspecified atom stereocenters. The van der Waals surface area contributed by atoms with E-state index in [1.807, 2.05) is 0 Å². The van der Waals surface area contributed by atoms with Crippen molar-refractivity contribution in [2.45, 2.75) is 9.79 Å². The largest absolute Gasteiger partial charge is 0.505 e. The first kappa shape index (κ1) is 30.7. The van der Waals surface area contributed by atoms with Crippen LogP contribution in [-0.4, -0.2) is 61.8 Å². The standard InChI is InChI=1S/C22H17F2N5O10S3/c23-18-11-19(24)27-22(26-18)25-14-2-1-12-9-17(41(33,34)35)20(21(30)16(12)10-14)29-28-13-3-5-15(6-4-13)40(31,32)8-7-39-42(36,37)38/h1-6,9-11,30H,7-8H2,(H,25,26,27)(H,33,34,35)(H,36,37,38). The Labute approximate surface area is 236 Å². The molecule has 0 aliphatic heterocycles. The van der Waals surface area contributed by atoms with Crippen molar-refractivity contribution < 1.29 is 52.4 Å². The first-order valence-corrected chi connectivity index (χ1v) is 15.6. The van der Waals surface area contributed by atoms with Crippen LogP contribution in [0.2, 0.25) is 0 Å². The molecular formula is C22H17F2N5O10S3. The lowest BCUT2D eigenvalue weighted by atomic mass is 10.1. The Balaban J connectivity index is 1.67. The van der Waals surface area contributed by atoms with Gasteiger partial charge in [0, 0.05) is 17.1 Å². The van der Waals surface area contributed by atoms with E-state index in [-0.39, 0.29) is 27.0 Å². The minimum Gasteiger partial charge on any atom is -0.505 e. The van der Waals surface area contributed by atoms with Gasteiger partial charge in [0.25, 0.3) is 10.1 Å². The topological polar surface area (TPSA) is 235 Å². The van der Waals surface area contributed by atoms with E-state index in [2.05, 4.69) is 29.7 Å². The minimum atomic E-state index is -4.95. The number of phenols is 1. The van der Waals surface area contributed by atoms with Crippen LogP contribution in [0.4, 0.5) is 31.8 Å². The molecule has 222 valence electrons. The van der Waals surface area contributed by atoms with Gasteiger partial charge in [0.1, 0.15) is 10.6 Å². The molecule has 0 fully saturated rings. The maximum atomic E-state index is 13.4. The zero-order chi connectivity index (χ0) is 30.9. The first-order valence-electron chi connectivity index (χ1n) is 11.1. The molecule has 20 heteroatoms. The van der Waals surface area contributed by atoms with Crippen molar-refractivity contribution in [1.29, 1.82) is 0 Å². The van der Waals surface area contributed by atoms with E-state index >= 15 is 0 Å². The normalized spacial score (nSPS) is 12.7. The summed E-state index contributed by atoms with van der Waals surface area (Å²) in [5.74, 6) is -4.28. The summed E-state index contributed by atoms with van der Waals surface area (Å²) in [6, 6.07) is 9.86. The molecular weight excluding hydrogens is 628 g/mol. The number of hydrogen-bond acceptors (Lipinski definition) is 13. The highest BCUT2D eigenvalue weighted by Gasteiger charge is 2.23. The average molecular weight is 646 g/mol. The van der Waals surface area contributed by atoms with Gasteiger partial charge in [-0.3, -0.25) is 9.11 Å². The fourth-order valence-corrected chi connectivity index (χ4v) is 5.63. The summed E-state index contributed by atoms with van der Waals surface area (Å²) < 4.78 is 119. The van der Waals surface area contributed by atoms with E-state index in [9.17, 15) is 43.7 Å². The number of hydrogen-bond donors (Lipinski definition) is 4. The van der Waals surface area contributed by atoms with E-state index in [1.54, 1.807) is 0 Å². The molecule has 3 aromatic carbocycles. The third-order valence-electron chi connectivity index (χ3n) is 5.30. The molecule has 0 spiro atoms. The average Bonchev–Trinajstić information content (AvgIpc) is 2.86. The van der Waals surface area contributed by atoms with Crippen LogP contribution in [0.1, 0.15) is 0 Å². The molecule has 0 aliphatic rings. The number of fused-ring (bicyclic) bond motifs is 1. The molecule has 4 N–H and O–H groups in total. The summed E-state index contributed by atoms with van der Waals surface area (Å²) in [7, 11) is -13.8. The Morgan fingerprint density at radius 2 is 1.50 bits per heavy atom. The molecule has 42 heavy (non-hydrogen) atoms. The van der Waals surface area contributed by atoms with E-state index < -0.39 is 76.9 Å². The fourth-order valence-electron chi connectivity index (χ4n) is 3.48. The molecule has 1 heterocycles. The van der Waals surface area contributed by atoms with Gasteiger partial charge in [0.05, 0.1) is 22.9 Å². The lowest BCUT2D eigenvalue weighted by Gasteiger charge is -2.11. The summed E-state index contributed by atoms with van der Waals surface area (Å²) in [6.45, 7) is -0.842. The van der Waals surface area contributed by atoms with Gasteiger partial charge in [-0.25, -0.2) is 12.6 Å². The molecule has 15 nitrogen and oxygen atoms in total. The van der Waals surface area contributed by atoms with Gasteiger partial charge >= 0.3 is 10.4 Å². The summed E-state index contributed by atoms with van der Waals surface area (Å²) >= 11 is 0. The summed E-state index contributed by atoms with van der Waals surface area (Å²) in [5.41, 5.74) is -0.581. The van der Waals surface area contributed by atoms with Crippen molar-refractivity contribution in [2.24, 2.45) is 10.2 Å². The number of azo groups is 1. The maximum absolute atomic E-state index is 13.4.